The number of imidazole rings is 1. The summed E-state index contributed by atoms with van der Waals surface area (Å²) in [5.74, 6) is 0.925. The van der Waals surface area contributed by atoms with Gasteiger partial charge >= 0.3 is 0 Å². The molecule has 96 valence electrons. The van der Waals surface area contributed by atoms with Gasteiger partial charge in [0.1, 0.15) is 5.82 Å². The van der Waals surface area contributed by atoms with Crippen LogP contribution in [0.3, 0.4) is 0 Å². The van der Waals surface area contributed by atoms with E-state index >= 15 is 0 Å². The van der Waals surface area contributed by atoms with Gasteiger partial charge in [0.25, 0.3) is 0 Å². The summed E-state index contributed by atoms with van der Waals surface area (Å²) in [5, 5.41) is 0. The van der Waals surface area contributed by atoms with Gasteiger partial charge in [0.2, 0.25) is 0 Å². The Kier molecular flexibility index (Phi) is 2.82. The van der Waals surface area contributed by atoms with Crippen molar-refractivity contribution in [2.75, 3.05) is 5.73 Å². The monoisotopic (exact) mass is 315 g/mol. The quantitative estimate of drug-likeness (QED) is 0.692. The SMILES string of the molecule is Cc1ccc2c(c1)nc(-c1cc(N)cc(Br)c1)n2C. The topological polar surface area (TPSA) is 43.8 Å². The molecule has 0 radical (unpaired) electrons. The van der Waals surface area contributed by atoms with Crippen molar-refractivity contribution in [1.29, 1.82) is 0 Å². The van der Waals surface area contributed by atoms with Crippen molar-refractivity contribution in [3.05, 3.63) is 46.4 Å². The van der Waals surface area contributed by atoms with Crippen LogP contribution < -0.4 is 5.73 Å². The molecule has 0 unspecified atom stereocenters. The minimum atomic E-state index is 0.729. The molecule has 0 amide bonds. The molecular formula is C15H14BrN3. The third kappa shape index (κ3) is 2.12. The number of nitrogen functional groups attached to an aromatic ring is 1. The van der Waals surface area contributed by atoms with Gasteiger partial charge in [-0.2, -0.15) is 0 Å². The van der Waals surface area contributed by atoms with Gasteiger partial charge in [-0.15, -0.1) is 0 Å². The van der Waals surface area contributed by atoms with Gasteiger partial charge in [-0.1, -0.05) is 22.0 Å². The second kappa shape index (κ2) is 4.38. The Hall–Kier alpha value is -1.81. The average molecular weight is 316 g/mol. The molecule has 2 N–H and O–H groups in total. The highest BCUT2D eigenvalue weighted by molar-refractivity contribution is 9.10. The van der Waals surface area contributed by atoms with Crippen LogP contribution in [0, 0.1) is 6.92 Å². The summed E-state index contributed by atoms with van der Waals surface area (Å²) in [7, 11) is 2.02. The first kappa shape index (κ1) is 12.2. The van der Waals surface area contributed by atoms with E-state index in [1.165, 1.54) is 5.56 Å². The Morgan fingerprint density at radius 3 is 2.68 bits per heavy atom. The summed E-state index contributed by atoms with van der Waals surface area (Å²) in [4.78, 5) is 4.71. The molecule has 2 aromatic carbocycles. The highest BCUT2D eigenvalue weighted by Gasteiger charge is 2.10. The summed E-state index contributed by atoms with van der Waals surface area (Å²) >= 11 is 3.47. The predicted octanol–water partition coefficient (Wildman–Crippen LogP) is 3.89. The second-order valence-electron chi connectivity index (χ2n) is 4.76. The first-order chi connectivity index (χ1) is 9.04. The molecule has 3 aromatic rings. The molecule has 19 heavy (non-hydrogen) atoms. The van der Waals surface area contributed by atoms with Crippen LogP contribution in [0.5, 0.6) is 0 Å². The molecule has 0 atom stereocenters. The number of benzene rings is 2. The number of hydrogen-bond donors (Lipinski definition) is 1. The number of anilines is 1. The van der Waals surface area contributed by atoms with Gasteiger partial charge in [-0.3, -0.25) is 0 Å². The second-order valence-corrected chi connectivity index (χ2v) is 5.68. The third-order valence-electron chi connectivity index (χ3n) is 3.21. The summed E-state index contributed by atoms with van der Waals surface area (Å²) in [6, 6.07) is 12.2. The van der Waals surface area contributed by atoms with Crippen molar-refractivity contribution in [3.63, 3.8) is 0 Å². The van der Waals surface area contributed by atoms with Gasteiger partial charge in [0.15, 0.2) is 0 Å². The van der Waals surface area contributed by atoms with Crippen molar-refractivity contribution in [3.8, 4) is 11.4 Å². The highest BCUT2D eigenvalue weighted by atomic mass is 79.9. The molecular weight excluding hydrogens is 302 g/mol. The average Bonchev–Trinajstić information content (AvgIpc) is 2.65. The number of halogens is 1. The molecule has 0 bridgehead atoms. The van der Waals surface area contributed by atoms with E-state index in [9.17, 15) is 0 Å². The fraction of sp³-hybridized carbons (Fsp3) is 0.133. The Bertz CT molecular complexity index is 754. The normalized spacial score (nSPS) is 11.1. The van der Waals surface area contributed by atoms with Gasteiger partial charge in [-0.05, 0) is 42.8 Å². The lowest BCUT2D eigenvalue weighted by Crippen LogP contribution is -1.94. The lowest BCUT2D eigenvalue weighted by Gasteiger charge is -2.04. The number of nitrogens with two attached hydrogens (primary N) is 1. The molecule has 0 aliphatic carbocycles. The first-order valence-corrected chi connectivity index (χ1v) is 6.83. The summed E-state index contributed by atoms with van der Waals surface area (Å²) in [6.07, 6.45) is 0. The van der Waals surface area contributed by atoms with Crippen LogP contribution in [-0.2, 0) is 7.05 Å². The fourth-order valence-corrected chi connectivity index (χ4v) is 2.82. The third-order valence-corrected chi connectivity index (χ3v) is 3.67. The molecule has 0 aliphatic heterocycles. The largest absolute Gasteiger partial charge is 0.399 e. The maximum atomic E-state index is 5.90. The summed E-state index contributed by atoms with van der Waals surface area (Å²) in [6.45, 7) is 2.07. The molecule has 1 aromatic heterocycles. The molecule has 0 saturated carbocycles. The van der Waals surface area contributed by atoms with Gasteiger partial charge < -0.3 is 10.3 Å². The van der Waals surface area contributed by atoms with E-state index in [0.717, 1.165) is 32.6 Å². The number of hydrogen-bond acceptors (Lipinski definition) is 2. The number of fused-ring (bicyclic) bond motifs is 1. The number of aryl methyl sites for hydroxylation is 2. The molecule has 0 aliphatic rings. The highest BCUT2D eigenvalue weighted by Crippen LogP contribution is 2.28. The number of rotatable bonds is 1. The van der Waals surface area contributed by atoms with E-state index in [1.54, 1.807) is 0 Å². The summed E-state index contributed by atoms with van der Waals surface area (Å²) in [5.41, 5.74) is 11.0. The molecule has 3 rings (SSSR count). The maximum absolute atomic E-state index is 5.90. The maximum Gasteiger partial charge on any atom is 0.140 e. The summed E-state index contributed by atoms with van der Waals surface area (Å²) < 4.78 is 3.06. The Labute approximate surface area is 120 Å². The minimum Gasteiger partial charge on any atom is -0.399 e. The van der Waals surface area contributed by atoms with Crippen LogP contribution in [0.1, 0.15) is 5.56 Å². The Balaban J connectivity index is 2.27. The van der Waals surface area contributed by atoms with Crippen molar-refractivity contribution in [2.24, 2.45) is 7.05 Å². The van der Waals surface area contributed by atoms with Crippen molar-refractivity contribution < 1.29 is 0 Å². The van der Waals surface area contributed by atoms with Crippen LogP contribution in [0.15, 0.2) is 40.9 Å². The van der Waals surface area contributed by atoms with E-state index in [-0.39, 0.29) is 0 Å². The lowest BCUT2D eigenvalue weighted by atomic mass is 10.2. The smallest absolute Gasteiger partial charge is 0.140 e. The number of aromatic nitrogens is 2. The molecule has 3 nitrogen and oxygen atoms in total. The van der Waals surface area contributed by atoms with E-state index in [1.807, 2.05) is 25.2 Å². The van der Waals surface area contributed by atoms with Crippen molar-refractivity contribution in [2.45, 2.75) is 6.92 Å². The van der Waals surface area contributed by atoms with Crippen molar-refractivity contribution in [1.82, 2.24) is 9.55 Å². The lowest BCUT2D eigenvalue weighted by molar-refractivity contribution is 0.959. The fourth-order valence-electron chi connectivity index (χ4n) is 2.31. The van der Waals surface area contributed by atoms with E-state index in [2.05, 4.69) is 45.6 Å². The first-order valence-electron chi connectivity index (χ1n) is 6.04. The molecule has 0 saturated heterocycles. The van der Waals surface area contributed by atoms with Gasteiger partial charge in [0.05, 0.1) is 11.0 Å². The zero-order valence-corrected chi connectivity index (χ0v) is 12.4. The Morgan fingerprint density at radius 2 is 1.95 bits per heavy atom. The van der Waals surface area contributed by atoms with Crippen molar-refractivity contribution >= 4 is 32.7 Å². The van der Waals surface area contributed by atoms with E-state index in [4.69, 9.17) is 10.7 Å². The van der Waals surface area contributed by atoms with Crippen LogP contribution in [-0.4, -0.2) is 9.55 Å². The van der Waals surface area contributed by atoms with E-state index < -0.39 is 0 Å². The van der Waals surface area contributed by atoms with Crippen LogP contribution >= 0.6 is 15.9 Å². The zero-order chi connectivity index (χ0) is 13.6. The van der Waals surface area contributed by atoms with Gasteiger partial charge in [0, 0.05) is 22.8 Å². The predicted molar refractivity (Wildman–Crippen MR) is 83.0 cm³/mol. The minimum absolute atomic E-state index is 0.729. The standard InChI is InChI=1S/C15H14BrN3/c1-9-3-4-14-13(5-9)18-15(19(14)2)10-6-11(16)8-12(17)7-10/h3-8H,17H2,1-2H3. The molecule has 4 heteroatoms. The Morgan fingerprint density at radius 1 is 1.16 bits per heavy atom. The van der Waals surface area contributed by atoms with Crippen LogP contribution in [0.25, 0.3) is 22.4 Å². The molecule has 1 heterocycles. The number of nitrogens with zero attached hydrogens (tertiary/aromatic N) is 2. The zero-order valence-electron chi connectivity index (χ0n) is 10.8. The van der Waals surface area contributed by atoms with Crippen LogP contribution in [0.4, 0.5) is 5.69 Å². The van der Waals surface area contributed by atoms with E-state index in [0.29, 0.717) is 0 Å². The van der Waals surface area contributed by atoms with Crippen LogP contribution in [0.2, 0.25) is 0 Å². The molecule has 0 spiro atoms. The molecule has 0 fully saturated rings. The van der Waals surface area contributed by atoms with Gasteiger partial charge in [-0.25, -0.2) is 4.98 Å².